The highest BCUT2D eigenvalue weighted by Gasteiger charge is 2.15. The summed E-state index contributed by atoms with van der Waals surface area (Å²) in [5, 5.41) is 18.5. The first-order chi connectivity index (χ1) is 9.12. The number of ether oxygens (including phenoxy) is 2. The van der Waals surface area contributed by atoms with Gasteiger partial charge >= 0.3 is 7.12 Å². The first kappa shape index (κ1) is 16.0. The van der Waals surface area contributed by atoms with Gasteiger partial charge in [-0.1, -0.05) is 19.1 Å². The molecule has 0 aliphatic carbocycles. The molecule has 0 aromatic heterocycles. The molecular formula is C13H22BNO4. The van der Waals surface area contributed by atoms with Crippen LogP contribution in [-0.4, -0.2) is 56.0 Å². The quantitative estimate of drug-likeness (QED) is 0.641. The number of benzene rings is 1. The summed E-state index contributed by atoms with van der Waals surface area (Å²) in [5.74, 6) is 0.750. The molecule has 0 unspecified atom stereocenters. The van der Waals surface area contributed by atoms with Gasteiger partial charge in [0.1, 0.15) is 5.75 Å². The van der Waals surface area contributed by atoms with E-state index in [0.29, 0.717) is 18.6 Å². The van der Waals surface area contributed by atoms with E-state index in [0.717, 1.165) is 24.4 Å². The Morgan fingerprint density at radius 2 is 2.00 bits per heavy atom. The van der Waals surface area contributed by atoms with Gasteiger partial charge < -0.3 is 19.5 Å². The van der Waals surface area contributed by atoms with Crippen LogP contribution >= 0.6 is 0 Å². The molecule has 19 heavy (non-hydrogen) atoms. The number of rotatable bonds is 8. The lowest BCUT2D eigenvalue weighted by Crippen LogP contribution is -2.31. The summed E-state index contributed by atoms with van der Waals surface area (Å²) in [6.07, 6.45) is 0. The van der Waals surface area contributed by atoms with Crippen molar-refractivity contribution in [3.8, 4) is 5.75 Å². The molecule has 0 saturated heterocycles. The number of hydrogen-bond acceptors (Lipinski definition) is 5. The molecule has 0 radical (unpaired) electrons. The zero-order chi connectivity index (χ0) is 14.3. The monoisotopic (exact) mass is 267 g/mol. The molecule has 0 atom stereocenters. The van der Waals surface area contributed by atoms with E-state index >= 15 is 0 Å². The van der Waals surface area contributed by atoms with Gasteiger partial charge in [-0.3, -0.25) is 4.90 Å². The topological polar surface area (TPSA) is 62.2 Å². The van der Waals surface area contributed by atoms with Crippen LogP contribution in [0.15, 0.2) is 18.2 Å². The molecule has 1 rings (SSSR count). The molecule has 1 aromatic carbocycles. The maximum atomic E-state index is 9.23. The van der Waals surface area contributed by atoms with E-state index in [1.807, 2.05) is 0 Å². The lowest BCUT2D eigenvalue weighted by Gasteiger charge is -2.21. The van der Waals surface area contributed by atoms with Crippen LogP contribution in [0.2, 0.25) is 0 Å². The second-order valence-electron chi connectivity index (χ2n) is 4.31. The number of nitrogens with zero attached hydrogens (tertiary/aromatic N) is 1. The standard InChI is InChI=1S/C13H22BNO4/c1-4-15(7-8-18-2)10-11-9-12(14(16)17)5-6-13(11)19-3/h5-6,9,16-17H,4,7-8,10H2,1-3H3. The van der Waals surface area contributed by atoms with Gasteiger partial charge in [0.25, 0.3) is 0 Å². The Morgan fingerprint density at radius 3 is 2.53 bits per heavy atom. The molecule has 106 valence electrons. The second-order valence-corrected chi connectivity index (χ2v) is 4.31. The molecule has 0 heterocycles. The average molecular weight is 267 g/mol. The summed E-state index contributed by atoms with van der Waals surface area (Å²) in [5.41, 5.74) is 1.41. The highest BCUT2D eigenvalue weighted by Crippen LogP contribution is 2.18. The van der Waals surface area contributed by atoms with Gasteiger partial charge in [0.2, 0.25) is 0 Å². The predicted molar refractivity (Wildman–Crippen MR) is 75.6 cm³/mol. The SMILES string of the molecule is CCN(CCOC)Cc1cc(B(O)O)ccc1OC. The van der Waals surface area contributed by atoms with Crippen molar-refractivity contribution in [1.29, 1.82) is 0 Å². The fraction of sp³-hybridized carbons (Fsp3) is 0.538. The summed E-state index contributed by atoms with van der Waals surface area (Å²) in [4.78, 5) is 2.20. The molecule has 0 fully saturated rings. The highest BCUT2D eigenvalue weighted by molar-refractivity contribution is 6.58. The first-order valence-electron chi connectivity index (χ1n) is 6.36. The third kappa shape index (κ3) is 4.83. The largest absolute Gasteiger partial charge is 0.496 e. The molecule has 1 aromatic rings. The van der Waals surface area contributed by atoms with Crippen LogP contribution in [-0.2, 0) is 11.3 Å². The van der Waals surface area contributed by atoms with Gasteiger partial charge in [-0.15, -0.1) is 0 Å². The van der Waals surface area contributed by atoms with Crippen molar-refractivity contribution in [2.24, 2.45) is 0 Å². The lowest BCUT2D eigenvalue weighted by molar-refractivity contribution is 0.147. The lowest BCUT2D eigenvalue weighted by atomic mass is 9.79. The zero-order valence-electron chi connectivity index (χ0n) is 11.8. The van der Waals surface area contributed by atoms with Crippen molar-refractivity contribution in [1.82, 2.24) is 4.90 Å². The van der Waals surface area contributed by atoms with E-state index in [9.17, 15) is 10.0 Å². The van der Waals surface area contributed by atoms with E-state index in [-0.39, 0.29) is 0 Å². The molecule has 2 N–H and O–H groups in total. The van der Waals surface area contributed by atoms with Crippen LogP contribution < -0.4 is 10.2 Å². The minimum Gasteiger partial charge on any atom is -0.496 e. The normalized spacial score (nSPS) is 10.8. The molecule has 0 saturated carbocycles. The molecule has 0 aliphatic rings. The van der Waals surface area contributed by atoms with E-state index < -0.39 is 7.12 Å². The van der Waals surface area contributed by atoms with Crippen LogP contribution in [0.5, 0.6) is 5.75 Å². The summed E-state index contributed by atoms with van der Waals surface area (Å²) in [6.45, 7) is 5.13. The van der Waals surface area contributed by atoms with Crippen molar-refractivity contribution in [2.75, 3.05) is 33.9 Å². The van der Waals surface area contributed by atoms with Crippen molar-refractivity contribution in [3.05, 3.63) is 23.8 Å². The minimum atomic E-state index is -1.46. The molecule has 6 heteroatoms. The van der Waals surface area contributed by atoms with Crippen LogP contribution in [0.4, 0.5) is 0 Å². The summed E-state index contributed by atoms with van der Waals surface area (Å²) >= 11 is 0. The van der Waals surface area contributed by atoms with E-state index in [4.69, 9.17) is 9.47 Å². The Balaban J connectivity index is 2.86. The van der Waals surface area contributed by atoms with Gasteiger partial charge in [-0.2, -0.15) is 0 Å². The third-order valence-electron chi connectivity index (χ3n) is 3.06. The van der Waals surface area contributed by atoms with Gasteiger partial charge in [0, 0.05) is 25.8 Å². The Bertz CT molecular complexity index is 387. The smallest absolute Gasteiger partial charge is 0.488 e. The third-order valence-corrected chi connectivity index (χ3v) is 3.06. The molecule has 0 aliphatic heterocycles. The van der Waals surface area contributed by atoms with Gasteiger partial charge in [0.15, 0.2) is 0 Å². The predicted octanol–water partition coefficient (Wildman–Crippen LogP) is -0.157. The number of likely N-dealkylation sites (N-methyl/N-ethyl adjacent to an activating group) is 1. The van der Waals surface area contributed by atoms with Crippen molar-refractivity contribution in [3.63, 3.8) is 0 Å². The summed E-state index contributed by atoms with van der Waals surface area (Å²) in [7, 11) is 1.83. The maximum absolute atomic E-state index is 9.23. The summed E-state index contributed by atoms with van der Waals surface area (Å²) in [6, 6.07) is 5.17. The Labute approximate surface area is 114 Å². The second kappa shape index (κ2) is 8.17. The molecule has 0 amide bonds. The maximum Gasteiger partial charge on any atom is 0.488 e. The van der Waals surface area contributed by atoms with Crippen LogP contribution in [0.25, 0.3) is 0 Å². The van der Waals surface area contributed by atoms with Crippen molar-refractivity contribution < 1.29 is 19.5 Å². The van der Waals surface area contributed by atoms with Crippen molar-refractivity contribution in [2.45, 2.75) is 13.5 Å². The fourth-order valence-corrected chi connectivity index (χ4v) is 1.89. The molecular weight excluding hydrogens is 245 g/mol. The fourth-order valence-electron chi connectivity index (χ4n) is 1.89. The first-order valence-corrected chi connectivity index (χ1v) is 6.36. The van der Waals surface area contributed by atoms with Crippen molar-refractivity contribution >= 4 is 12.6 Å². The minimum absolute atomic E-state index is 0.471. The Kier molecular flexibility index (Phi) is 6.87. The van der Waals surface area contributed by atoms with Gasteiger partial charge in [0.05, 0.1) is 13.7 Å². The molecule has 0 spiro atoms. The summed E-state index contributed by atoms with van der Waals surface area (Å²) < 4.78 is 10.4. The highest BCUT2D eigenvalue weighted by atomic mass is 16.5. The van der Waals surface area contributed by atoms with Crippen LogP contribution in [0.1, 0.15) is 12.5 Å². The van der Waals surface area contributed by atoms with E-state index in [1.54, 1.807) is 32.4 Å². The van der Waals surface area contributed by atoms with E-state index in [2.05, 4.69) is 11.8 Å². The number of hydrogen-bond donors (Lipinski definition) is 2. The van der Waals surface area contributed by atoms with E-state index in [1.165, 1.54) is 0 Å². The Hall–Kier alpha value is -1.08. The Morgan fingerprint density at radius 1 is 1.26 bits per heavy atom. The zero-order valence-corrected chi connectivity index (χ0v) is 11.8. The number of methoxy groups -OCH3 is 2. The van der Waals surface area contributed by atoms with Gasteiger partial charge in [-0.25, -0.2) is 0 Å². The average Bonchev–Trinajstić information content (AvgIpc) is 2.43. The molecule has 0 bridgehead atoms. The molecule has 5 nitrogen and oxygen atoms in total. The van der Waals surface area contributed by atoms with Crippen LogP contribution in [0.3, 0.4) is 0 Å². The van der Waals surface area contributed by atoms with Gasteiger partial charge in [-0.05, 0) is 18.1 Å². The van der Waals surface area contributed by atoms with Crippen LogP contribution in [0, 0.1) is 0 Å².